The van der Waals surface area contributed by atoms with E-state index < -0.39 is 0 Å². The first-order chi connectivity index (χ1) is 8.26. The van der Waals surface area contributed by atoms with Gasteiger partial charge < -0.3 is 10.0 Å². The van der Waals surface area contributed by atoms with Crippen LogP contribution < -0.4 is 4.90 Å². The summed E-state index contributed by atoms with van der Waals surface area (Å²) < 4.78 is 13.1. The second-order valence-corrected chi connectivity index (χ2v) is 4.55. The van der Waals surface area contributed by atoms with Crippen molar-refractivity contribution in [2.24, 2.45) is 0 Å². The summed E-state index contributed by atoms with van der Waals surface area (Å²) in [6.45, 7) is 2.95. The summed E-state index contributed by atoms with van der Waals surface area (Å²) in [5.41, 5.74) is 0.588. The highest BCUT2D eigenvalue weighted by Gasteiger charge is 2.24. The van der Waals surface area contributed by atoms with E-state index in [-0.39, 0.29) is 12.4 Å². The van der Waals surface area contributed by atoms with Gasteiger partial charge in [0.25, 0.3) is 0 Å². The highest BCUT2D eigenvalue weighted by Crippen LogP contribution is 2.27. The normalized spacial score (nSPS) is 20.6. The number of nitrogens with zero attached hydrogens (tertiary/aromatic N) is 2. The highest BCUT2D eigenvalue weighted by molar-refractivity contribution is 5.48. The predicted octanol–water partition coefficient (Wildman–Crippen LogP) is 2.48. The van der Waals surface area contributed by atoms with Gasteiger partial charge in [-0.2, -0.15) is 0 Å². The van der Waals surface area contributed by atoms with E-state index in [0.717, 1.165) is 31.6 Å². The maximum atomic E-state index is 13.1. The molecule has 94 valence electrons. The zero-order valence-corrected chi connectivity index (χ0v) is 10.2. The smallest absolute Gasteiger partial charge is 0.142 e. The van der Waals surface area contributed by atoms with Crippen LogP contribution in [0.4, 0.5) is 10.2 Å². The molecule has 1 unspecified atom stereocenters. The minimum absolute atomic E-state index is 0.160. The lowest BCUT2D eigenvalue weighted by Gasteiger charge is -2.37. The van der Waals surface area contributed by atoms with Crippen molar-refractivity contribution in [3.8, 4) is 0 Å². The van der Waals surface area contributed by atoms with E-state index in [0.29, 0.717) is 11.6 Å². The SMILES string of the molecule is CCC1CCCCN1c1ncc(F)cc1CO. The quantitative estimate of drug-likeness (QED) is 0.879. The minimum atomic E-state index is -0.386. The molecule has 1 N–H and O–H groups in total. The summed E-state index contributed by atoms with van der Waals surface area (Å²) >= 11 is 0. The van der Waals surface area contributed by atoms with Gasteiger partial charge in [0.05, 0.1) is 12.8 Å². The van der Waals surface area contributed by atoms with Gasteiger partial charge in [0.2, 0.25) is 0 Å². The van der Waals surface area contributed by atoms with Crippen molar-refractivity contribution in [1.82, 2.24) is 4.98 Å². The fraction of sp³-hybridized carbons (Fsp3) is 0.615. The predicted molar refractivity (Wildman–Crippen MR) is 65.4 cm³/mol. The molecule has 0 saturated carbocycles. The van der Waals surface area contributed by atoms with Crippen LogP contribution in [0.1, 0.15) is 38.2 Å². The van der Waals surface area contributed by atoms with Crippen LogP contribution in [-0.2, 0) is 6.61 Å². The Kier molecular flexibility index (Phi) is 3.94. The Morgan fingerprint density at radius 2 is 2.35 bits per heavy atom. The summed E-state index contributed by atoms with van der Waals surface area (Å²) in [7, 11) is 0. The van der Waals surface area contributed by atoms with Crippen LogP contribution in [0.2, 0.25) is 0 Å². The molecule has 1 aliphatic rings. The number of aromatic nitrogens is 1. The number of aliphatic hydroxyl groups excluding tert-OH is 1. The molecule has 0 amide bonds. The van der Waals surface area contributed by atoms with Crippen molar-refractivity contribution < 1.29 is 9.50 Å². The summed E-state index contributed by atoms with van der Waals surface area (Å²) in [6, 6.07) is 1.84. The van der Waals surface area contributed by atoms with Crippen molar-refractivity contribution in [3.63, 3.8) is 0 Å². The maximum Gasteiger partial charge on any atom is 0.142 e. The van der Waals surface area contributed by atoms with E-state index in [2.05, 4.69) is 16.8 Å². The van der Waals surface area contributed by atoms with Crippen LogP contribution in [0.15, 0.2) is 12.3 Å². The molecule has 2 heterocycles. The second-order valence-electron chi connectivity index (χ2n) is 4.55. The molecule has 1 atom stereocenters. The largest absolute Gasteiger partial charge is 0.392 e. The first-order valence-electron chi connectivity index (χ1n) is 6.28. The monoisotopic (exact) mass is 238 g/mol. The molecule has 0 bridgehead atoms. The average Bonchev–Trinajstić information content (AvgIpc) is 2.38. The van der Waals surface area contributed by atoms with Gasteiger partial charge in [-0.25, -0.2) is 9.37 Å². The van der Waals surface area contributed by atoms with E-state index in [9.17, 15) is 9.50 Å². The summed E-state index contributed by atoms with van der Waals surface area (Å²) in [5.74, 6) is 0.364. The fourth-order valence-electron chi connectivity index (χ4n) is 2.55. The molecule has 0 spiro atoms. The molecule has 1 saturated heterocycles. The Morgan fingerprint density at radius 3 is 3.06 bits per heavy atom. The van der Waals surface area contributed by atoms with Crippen LogP contribution in [0.25, 0.3) is 0 Å². The van der Waals surface area contributed by atoms with Gasteiger partial charge in [-0.1, -0.05) is 6.92 Å². The number of anilines is 1. The Hall–Kier alpha value is -1.16. The summed E-state index contributed by atoms with van der Waals surface area (Å²) in [4.78, 5) is 6.38. The van der Waals surface area contributed by atoms with Crippen molar-refractivity contribution in [2.45, 2.75) is 45.3 Å². The number of rotatable bonds is 3. The molecular weight excluding hydrogens is 219 g/mol. The number of pyridine rings is 1. The molecule has 0 aromatic carbocycles. The molecule has 0 aliphatic carbocycles. The Bertz CT molecular complexity index is 384. The van der Waals surface area contributed by atoms with Gasteiger partial charge in [-0.15, -0.1) is 0 Å². The lowest BCUT2D eigenvalue weighted by molar-refractivity contribution is 0.280. The van der Waals surface area contributed by atoms with Gasteiger partial charge in [0, 0.05) is 18.2 Å². The topological polar surface area (TPSA) is 36.4 Å². The second kappa shape index (κ2) is 5.45. The summed E-state index contributed by atoms with van der Waals surface area (Å²) in [6.07, 6.45) is 5.82. The lowest BCUT2D eigenvalue weighted by Crippen LogP contribution is -2.40. The zero-order valence-electron chi connectivity index (χ0n) is 10.2. The molecule has 3 nitrogen and oxygen atoms in total. The third-order valence-corrected chi connectivity index (χ3v) is 3.45. The molecule has 4 heteroatoms. The van der Waals surface area contributed by atoms with E-state index in [1.807, 2.05) is 0 Å². The Morgan fingerprint density at radius 1 is 1.53 bits per heavy atom. The zero-order chi connectivity index (χ0) is 12.3. The first-order valence-corrected chi connectivity index (χ1v) is 6.28. The van der Waals surface area contributed by atoms with Crippen molar-refractivity contribution in [2.75, 3.05) is 11.4 Å². The van der Waals surface area contributed by atoms with Crippen LogP contribution in [0.5, 0.6) is 0 Å². The summed E-state index contributed by atoms with van der Waals surface area (Å²) in [5, 5.41) is 9.30. The lowest BCUT2D eigenvalue weighted by atomic mass is 9.99. The van der Waals surface area contributed by atoms with E-state index in [4.69, 9.17) is 0 Å². The molecule has 0 radical (unpaired) electrons. The molecule has 1 aromatic heterocycles. The van der Waals surface area contributed by atoms with E-state index in [1.54, 1.807) is 0 Å². The first kappa shape index (κ1) is 12.3. The number of piperidine rings is 1. The number of hydrogen-bond acceptors (Lipinski definition) is 3. The van der Waals surface area contributed by atoms with E-state index in [1.165, 1.54) is 18.7 Å². The molecule has 17 heavy (non-hydrogen) atoms. The molecule has 1 aliphatic heterocycles. The standard InChI is InChI=1S/C13H19FN2O/c1-2-12-5-3-4-6-16(12)13-10(9-17)7-11(14)8-15-13/h7-8,12,17H,2-6,9H2,1H3. The van der Waals surface area contributed by atoms with Gasteiger partial charge in [-0.3, -0.25) is 0 Å². The molecule has 2 rings (SSSR count). The highest BCUT2D eigenvalue weighted by atomic mass is 19.1. The number of aliphatic hydroxyl groups is 1. The third-order valence-electron chi connectivity index (χ3n) is 3.45. The fourth-order valence-corrected chi connectivity index (χ4v) is 2.55. The van der Waals surface area contributed by atoms with E-state index >= 15 is 0 Å². The van der Waals surface area contributed by atoms with Crippen LogP contribution in [0.3, 0.4) is 0 Å². The van der Waals surface area contributed by atoms with Crippen LogP contribution >= 0.6 is 0 Å². The van der Waals surface area contributed by atoms with Crippen molar-refractivity contribution >= 4 is 5.82 Å². The molecule has 1 aromatic rings. The van der Waals surface area contributed by atoms with Gasteiger partial charge in [0.15, 0.2) is 0 Å². The minimum Gasteiger partial charge on any atom is -0.392 e. The van der Waals surface area contributed by atoms with Crippen molar-refractivity contribution in [3.05, 3.63) is 23.6 Å². The van der Waals surface area contributed by atoms with Crippen LogP contribution in [0, 0.1) is 5.82 Å². The van der Waals surface area contributed by atoms with Crippen LogP contribution in [-0.4, -0.2) is 22.7 Å². The average molecular weight is 238 g/mol. The Balaban J connectivity index is 2.30. The molecular formula is C13H19FN2O. The molecule has 1 fully saturated rings. The Labute approximate surface area is 101 Å². The third kappa shape index (κ3) is 2.57. The van der Waals surface area contributed by atoms with Crippen molar-refractivity contribution in [1.29, 1.82) is 0 Å². The maximum absolute atomic E-state index is 13.1. The number of halogens is 1. The van der Waals surface area contributed by atoms with Gasteiger partial charge in [-0.05, 0) is 31.7 Å². The van der Waals surface area contributed by atoms with Gasteiger partial charge >= 0.3 is 0 Å². The number of hydrogen-bond donors (Lipinski definition) is 1. The van der Waals surface area contributed by atoms with Gasteiger partial charge in [0.1, 0.15) is 11.6 Å².